The van der Waals surface area contributed by atoms with Crippen molar-refractivity contribution in [3.8, 4) is 10.6 Å². The van der Waals surface area contributed by atoms with Crippen molar-refractivity contribution in [3.63, 3.8) is 0 Å². The van der Waals surface area contributed by atoms with Crippen LogP contribution in [0.2, 0.25) is 0 Å². The second-order valence-electron chi connectivity index (χ2n) is 18.9. The minimum Gasteiger partial charge on any atom is -0.446 e. The molecule has 2 aromatic heterocycles. The highest BCUT2D eigenvalue weighted by molar-refractivity contribution is 14.1. The minimum atomic E-state index is -3.21. The summed E-state index contributed by atoms with van der Waals surface area (Å²) in [6, 6.07) is 2.46. The number of anilines is 1. The lowest BCUT2D eigenvalue weighted by Crippen LogP contribution is -2.61. The summed E-state index contributed by atoms with van der Waals surface area (Å²) in [5.41, 5.74) is 1.09. The Morgan fingerprint density at radius 3 is 2.49 bits per heavy atom. The van der Waals surface area contributed by atoms with Gasteiger partial charge in [0.2, 0.25) is 11.8 Å². The molecule has 2 aromatic rings. The van der Waals surface area contributed by atoms with Gasteiger partial charge in [-0.15, -0.1) is 11.3 Å². The molecule has 0 saturated carbocycles. The van der Waals surface area contributed by atoms with Gasteiger partial charge in [0.05, 0.1) is 41.9 Å². The fourth-order valence-corrected chi connectivity index (χ4v) is 10.5. The molecule has 5 N–H and O–H groups in total. The number of Topliss-reactive ketones (excluding diaryl/α,β-unsaturated/α-hetero) is 1. The lowest BCUT2D eigenvalue weighted by atomic mass is 9.70. The van der Waals surface area contributed by atoms with Crippen LogP contribution in [0.5, 0.6) is 0 Å². The first-order chi connectivity index (χ1) is 31.3. The Kier molecular flexibility index (Phi) is 18.4. The van der Waals surface area contributed by atoms with Crippen LogP contribution in [0.25, 0.3) is 10.6 Å². The first-order valence-corrected chi connectivity index (χ1v) is 24.8. The minimum absolute atomic E-state index is 0.0322. The van der Waals surface area contributed by atoms with Crippen molar-refractivity contribution >= 4 is 74.7 Å². The van der Waals surface area contributed by atoms with Crippen molar-refractivity contribution in [3.05, 3.63) is 29.4 Å². The van der Waals surface area contributed by atoms with Crippen LogP contribution in [0, 0.1) is 23.7 Å². The molecular formula is C46H67FIN7O11S. The Hall–Kier alpha value is -3.42. The number of aromatic nitrogens is 2. The van der Waals surface area contributed by atoms with Gasteiger partial charge in [0, 0.05) is 47.2 Å². The number of aliphatic imine (C=N–C) groups is 1. The number of nitrogens with one attached hydrogen (secondary N) is 1. The fraction of sp³-hybridized carbons (Fsp3) is 0.696. The van der Waals surface area contributed by atoms with Crippen LogP contribution in [0.1, 0.15) is 100 Å². The van der Waals surface area contributed by atoms with Crippen LogP contribution in [0.3, 0.4) is 0 Å². The van der Waals surface area contributed by atoms with Gasteiger partial charge in [0.25, 0.3) is 5.67 Å². The highest BCUT2D eigenvalue weighted by Gasteiger charge is 2.56. The molecule has 3 aliphatic rings. The summed E-state index contributed by atoms with van der Waals surface area (Å²) < 4.78 is 41.0. The number of thiazole rings is 1. The maximum atomic E-state index is 16.9. The number of nitrogens with two attached hydrogens (primary N) is 1. The topological polar surface area (TPSA) is 247 Å². The number of halogens is 2. The van der Waals surface area contributed by atoms with Gasteiger partial charge in [-0.05, 0) is 121 Å². The number of amides is 2. The van der Waals surface area contributed by atoms with Gasteiger partial charge in [0.1, 0.15) is 22.5 Å². The maximum Gasteiger partial charge on any atom is 0.352 e. The predicted octanol–water partition coefficient (Wildman–Crippen LogP) is 5.40. The Bertz CT molecular complexity index is 2140. The number of oxime groups is 1. The number of cyclic esters (lactones) is 1. The molecule has 0 aliphatic carbocycles. The number of ketones is 1. The van der Waals surface area contributed by atoms with Crippen molar-refractivity contribution in [2.75, 3.05) is 26.0 Å². The van der Waals surface area contributed by atoms with Crippen molar-refractivity contribution in [1.82, 2.24) is 14.9 Å². The molecule has 0 radical (unpaired) electrons. The molecule has 3 saturated heterocycles. The molecule has 0 aromatic carbocycles. The molecule has 3 aliphatic heterocycles. The van der Waals surface area contributed by atoms with Crippen LogP contribution >= 0.6 is 33.9 Å². The number of carbonyl (C=O) groups excluding carboxylic acids is 4. The number of carbonyl (C=O) groups is 4. The van der Waals surface area contributed by atoms with Gasteiger partial charge >= 0.3 is 5.97 Å². The van der Waals surface area contributed by atoms with Gasteiger partial charge in [-0.2, -0.15) is 0 Å². The summed E-state index contributed by atoms with van der Waals surface area (Å²) in [5, 5.41) is 33.7. The normalized spacial score (nSPS) is 36.4. The standard InChI is InChI=1S/C46H67FIN7O11S/c1-12-34(56)53-35-23(2)18-44(7)38(65-41-36(57)32(55(10)11)17-24(3)64-41)26(5)37(58)45(8,47)43(60)66-42(48)46(9,61)31(25(35)4)16-15-30(20-62-44)54-63-21-29-14-13-28(19-50-29)40-52-33(22-67-40)51-39(59)27(6)49/h13-14,19,22-27,31-32,36,38,41-42,57,61H,12,15-18,20-21,49H2,1-11H3,(H,51,59)/b53-35+,54-30+/t23-,24-,25-,26+,27+,31-,32+,36-,38-,41+,42+,44-,45+,46?/m1/s1. The first kappa shape index (κ1) is 54.5. The van der Waals surface area contributed by atoms with E-state index in [4.69, 9.17) is 29.5 Å². The summed E-state index contributed by atoms with van der Waals surface area (Å²) in [6.07, 6.45) is -1.74. The first-order valence-electron chi connectivity index (χ1n) is 22.7. The Morgan fingerprint density at radius 1 is 1.16 bits per heavy atom. The number of ether oxygens (including phenoxy) is 4. The number of rotatable bonds is 10. The highest BCUT2D eigenvalue weighted by atomic mass is 127. The molecular weight excluding hydrogens is 1000 g/mol. The number of aliphatic hydroxyl groups excluding tert-OH is 1. The molecule has 1 unspecified atom stereocenters. The molecule has 21 heteroatoms. The summed E-state index contributed by atoms with van der Waals surface area (Å²) in [5.74, 6) is -6.49. The number of aliphatic hydroxyl groups is 2. The van der Waals surface area contributed by atoms with Crippen LogP contribution < -0.4 is 11.1 Å². The molecule has 2 bridgehead atoms. The summed E-state index contributed by atoms with van der Waals surface area (Å²) in [4.78, 5) is 74.9. The van der Waals surface area contributed by atoms with E-state index in [0.717, 1.165) is 6.92 Å². The van der Waals surface area contributed by atoms with Crippen LogP contribution in [0.4, 0.5) is 10.2 Å². The van der Waals surface area contributed by atoms with Gasteiger partial charge in [-0.1, -0.05) is 32.9 Å². The van der Waals surface area contributed by atoms with Gasteiger partial charge in [0.15, 0.2) is 22.8 Å². The highest BCUT2D eigenvalue weighted by Crippen LogP contribution is 2.44. The van der Waals surface area contributed by atoms with Crippen molar-refractivity contribution in [2.45, 2.75) is 159 Å². The quantitative estimate of drug-likeness (QED) is 0.0765. The molecule has 372 valence electrons. The van der Waals surface area contributed by atoms with E-state index in [1.54, 1.807) is 61.0 Å². The molecule has 2 amide bonds. The van der Waals surface area contributed by atoms with Gasteiger partial charge in [-0.25, -0.2) is 19.2 Å². The predicted molar refractivity (Wildman–Crippen MR) is 258 cm³/mol. The average Bonchev–Trinajstić information content (AvgIpc) is 3.73. The number of pyridine rings is 1. The number of likely N-dealkylation sites (N-methyl/N-ethyl adjacent to an activating group) is 1. The molecule has 0 spiro atoms. The second-order valence-corrected chi connectivity index (χ2v) is 20.9. The number of hydrogen-bond acceptors (Lipinski definition) is 17. The SMILES string of the molecule is CCC(=O)/N=C1\[C@H](C)C[C@@]2(C)OC/C(=N/OCc3ccc(-c4nc(NC(=O)[C@H](C)N)cs4)cn3)CC[C@H]([C@H]1C)C(C)(O)[C@@H](I)OC(=O)[C@@](C)(F)C(=O)[C@H](C)[C@H]2O[C@@H]1O[C@H](C)C[C@H](N(C)C)[C@H]1O. The van der Waals surface area contributed by atoms with E-state index in [-0.39, 0.29) is 44.8 Å². The molecule has 3 fully saturated rings. The summed E-state index contributed by atoms with van der Waals surface area (Å²) >= 11 is 3.06. The van der Waals surface area contributed by atoms with E-state index in [1.807, 2.05) is 45.8 Å². The molecule has 14 atom stereocenters. The Labute approximate surface area is 409 Å². The zero-order valence-corrected chi connectivity index (χ0v) is 43.1. The molecule has 5 heterocycles. The number of nitrogens with zero attached hydrogens (tertiary/aromatic N) is 5. The third-order valence-electron chi connectivity index (χ3n) is 13.1. The zero-order chi connectivity index (χ0) is 49.8. The second kappa shape index (κ2) is 22.6. The zero-order valence-electron chi connectivity index (χ0n) is 40.2. The number of fused-ring (bicyclic) bond motifs is 5. The lowest BCUT2D eigenvalue weighted by Gasteiger charge is -2.47. The maximum absolute atomic E-state index is 16.9. The van der Waals surface area contributed by atoms with Crippen LogP contribution in [-0.4, -0.2) is 138 Å². The Morgan fingerprint density at radius 2 is 1.87 bits per heavy atom. The van der Waals surface area contributed by atoms with E-state index >= 15 is 4.39 Å². The fourth-order valence-electron chi connectivity index (χ4n) is 9.10. The van der Waals surface area contributed by atoms with E-state index in [1.165, 1.54) is 25.2 Å². The number of hydrogen-bond donors (Lipinski definition) is 4. The number of esters is 1. The smallest absolute Gasteiger partial charge is 0.352 e. The van der Waals surface area contributed by atoms with E-state index < -0.39 is 99.0 Å². The van der Waals surface area contributed by atoms with Crippen molar-refractivity contribution in [1.29, 1.82) is 0 Å². The van der Waals surface area contributed by atoms with Crippen LogP contribution in [-0.2, 0) is 49.6 Å². The third-order valence-corrected chi connectivity index (χ3v) is 15.5. The number of alkyl halides is 2. The largest absolute Gasteiger partial charge is 0.446 e. The molecule has 18 nitrogen and oxygen atoms in total. The summed E-state index contributed by atoms with van der Waals surface area (Å²) in [6.45, 7) is 14.0. The third kappa shape index (κ3) is 12.9. The van der Waals surface area contributed by atoms with E-state index in [9.17, 15) is 29.4 Å². The van der Waals surface area contributed by atoms with Crippen LogP contribution in [0.15, 0.2) is 33.9 Å². The van der Waals surface area contributed by atoms with Crippen molar-refractivity contribution < 1.29 is 57.6 Å². The molecule has 5 rings (SSSR count). The monoisotopic (exact) mass is 1070 g/mol. The Balaban J connectivity index is 1.59. The van der Waals surface area contributed by atoms with E-state index in [0.29, 0.717) is 39.9 Å². The van der Waals surface area contributed by atoms with Gasteiger partial charge < -0.3 is 49.9 Å². The van der Waals surface area contributed by atoms with Gasteiger partial charge in [-0.3, -0.25) is 19.4 Å². The lowest BCUT2D eigenvalue weighted by molar-refractivity contribution is -0.296. The average molecular weight is 1070 g/mol. The van der Waals surface area contributed by atoms with Crippen molar-refractivity contribution in [2.24, 2.45) is 39.6 Å². The van der Waals surface area contributed by atoms with E-state index in [2.05, 4.69) is 25.4 Å². The summed E-state index contributed by atoms with van der Waals surface area (Å²) in [7, 11) is 3.63. The molecule has 67 heavy (non-hydrogen) atoms.